The van der Waals surface area contributed by atoms with Gasteiger partial charge in [-0.3, -0.25) is 9.39 Å². The van der Waals surface area contributed by atoms with Crippen molar-refractivity contribution in [2.45, 2.75) is 19.3 Å². The molecule has 58 heavy (non-hydrogen) atoms. The highest BCUT2D eigenvalue weighted by atomic mass is 15.1. The highest BCUT2D eigenvalue weighted by Crippen LogP contribution is 2.36. The van der Waals surface area contributed by atoms with Gasteiger partial charge in [0.2, 0.25) is 0 Å². The van der Waals surface area contributed by atoms with Gasteiger partial charge in [-0.2, -0.15) is 0 Å². The van der Waals surface area contributed by atoms with Crippen LogP contribution in [0.2, 0.25) is 0 Å². The molecule has 4 heteroatoms. The van der Waals surface area contributed by atoms with Crippen molar-refractivity contribution >= 4 is 66.1 Å². The number of fused-ring (bicyclic) bond motifs is 7. The van der Waals surface area contributed by atoms with Gasteiger partial charge in [0, 0.05) is 39.4 Å². The summed E-state index contributed by atoms with van der Waals surface area (Å²) in [6.45, 7) is 0. The standard InChI is InChI=1S/C54H38N4/c1-4-21-43-37(14-1)17-12-25-45(43)41-16-3-8-27-49(46-26-13-18-38-15-2-5-22-44(38)46)55-50(35-41)42-20-11-19-40(34-42)36-29-31-39(32-30-36)52-47-23-6-7-24-48(47)53-54(57-52)58-33-10-9-28-51(58)56-53/h1-2,4-7,9-26,28-35H,3,8,27H2/b41-16+,50-35-,55-49+. The Bertz CT molecular complexity index is 3300. The predicted molar refractivity (Wildman–Crippen MR) is 243 cm³/mol. The summed E-state index contributed by atoms with van der Waals surface area (Å²) in [5.74, 6) is 0. The van der Waals surface area contributed by atoms with Crippen LogP contribution >= 0.6 is 0 Å². The lowest BCUT2D eigenvalue weighted by molar-refractivity contribution is 0.896. The molecule has 0 fully saturated rings. The Morgan fingerprint density at radius 1 is 0.483 bits per heavy atom. The summed E-state index contributed by atoms with van der Waals surface area (Å²) in [7, 11) is 0. The summed E-state index contributed by atoms with van der Waals surface area (Å²) in [6.07, 6.45) is 9.62. The highest BCUT2D eigenvalue weighted by molar-refractivity contribution is 6.13. The number of aliphatic imine (C=N–C) groups is 1. The summed E-state index contributed by atoms with van der Waals surface area (Å²) in [6, 6.07) is 62.7. The fourth-order valence-corrected chi connectivity index (χ4v) is 8.68. The number of rotatable bonds is 5. The van der Waals surface area contributed by atoms with E-state index in [4.69, 9.17) is 15.0 Å². The first-order valence-corrected chi connectivity index (χ1v) is 20.1. The average Bonchev–Trinajstić information content (AvgIpc) is 3.72. The molecule has 3 aromatic heterocycles. The van der Waals surface area contributed by atoms with E-state index in [9.17, 15) is 0 Å². The van der Waals surface area contributed by atoms with E-state index in [-0.39, 0.29) is 0 Å². The molecule has 4 heterocycles. The number of pyridine rings is 2. The number of aromatic nitrogens is 3. The molecule has 1 aliphatic heterocycles. The Morgan fingerprint density at radius 3 is 1.93 bits per heavy atom. The lowest BCUT2D eigenvalue weighted by Crippen LogP contribution is -2.03. The zero-order chi connectivity index (χ0) is 38.4. The second-order valence-electron chi connectivity index (χ2n) is 15.1. The third-order valence-electron chi connectivity index (χ3n) is 11.5. The highest BCUT2D eigenvalue weighted by Gasteiger charge is 2.17. The van der Waals surface area contributed by atoms with Crippen LogP contribution in [0.3, 0.4) is 0 Å². The lowest BCUT2D eigenvalue weighted by Gasteiger charge is -2.13. The van der Waals surface area contributed by atoms with Crippen molar-refractivity contribution in [3.05, 3.63) is 211 Å². The van der Waals surface area contributed by atoms with Crippen molar-refractivity contribution in [3.8, 4) is 22.4 Å². The Balaban J connectivity index is 1.03. The van der Waals surface area contributed by atoms with E-state index in [0.717, 1.165) is 86.2 Å². The zero-order valence-corrected chi connectivity index (χ0v) is 31.9. The molecule has 4 nitrogen and oxygen atoms in total. The molecule has 0 spiro atoms. The molecule has 0 N–H and O–H groups in total. The smallest absolute Gasteiger partial charge is 0.165 e. The maximum atomic E-state index is 5.62. The topological polar surface area (TPSA) is 42.5 Å². The predicted octanol–water partition coefficient (Wildman–Crippen LogP) is 13.8. The van der Waals surface area contributed by atoms with Crippen molar-refractivity contribution < 1.29 is 0 Å². The van der Waals surface area contributed by atoms with Gasteiger partial charge in [-0.25, -0.2) is 9.97 Å². The van der Waals surface area contributed by atoms with Crippen LogP contribution in [0.25, 0.3) is 82.8 Å². The van der Waals surface area contributed by atoms with Crippen LogP contribution < -0.4 is 0 Å². The van der Waals surface area contributed by atoms with E-state index >= 15 is 0 Å². The third kappa shape index (κ3) is 5.98. The first-order chi connectivity index (χ1) is 28.7. The zero-order valence-electron chi connectivity index (χ0n) is 31.9. The van der Waals surface area contributed by atoms with Gasteiger partial charge in [-0.1, -0.05) is 164 Å². The first kappa shape index (κ1) is 33.9. The Morgan fingerprint density at radius 2 is 1.12 bits per heavy atom. The molecule has 0 aliphatic carbocycles. The molecule has 0 saturated heterocycles. The largest absolute Gasteiger partial charge is 0.284 e. The van der Waals surface area contributed by atoms with Gasteiger partial charge in [0.05, 0.1) is 11.4 Å². The van der Waals surface area contributed by atoms with Crippen molar-refractivity contribution in [1.29, 1.82) is 0 Å². The van der Waals surface area contributed by atoms with Gasteiger partial charge in [-0.15, -0.1) is 0 Å². The molecular formula is C54H38N4. The quantitative estimate of drug-likeness (QED) is 0.176. The fourth-order valence-electron chi connectivity index (χ4n) is 8.68. The second-order valence-corrected chi connectivity index (χ2v) is 15.1. The van der Waals surface area contributed by atoms with Crippen molar-refractivity contribution in [1.82, 2.24) is 14.4 Å². The normalized spacial score (nSPS) is 16.3. The maximum absolute atomic E-state index is 5.62. The summed E-state index contributed by atoms with van der Waals surface area (Å²) in [4.78, 5) is 15.8. The Hall–Kier alpha value is -7.43. The lowest BCUT2D eigenvalue weighted by atomic mass is 9.95. The maximum Gasteiger partial charge on any atom is 0.165 e. The first-order valence-electron chi connectivity index (χ1n) is 20.1. The Labute approximate surface area is 336 Å². The van der Waals surface area contributed by atoms with Crippen LogP contribution in [0.4, 0.5) is 0 Å². The molecule has 0 bridgehead atoms. The molecule has 10 aromatic rings. The average molecular weight is 743 g/mol. The minimum atomic E-state index is 0.865. The van der Waals surface area contributed by atoms with Gasteiger partial charge in [0.1, 0.15) is 11.2 Å². The van der Waals surface area contributed by atoms with Crippen molar-refractivity contribution in [2.75, 3.05) is 0 Å². The number of hydrogen-bond acceptors (Lipinski definition) is 3. The molecular weight excluding hydrogens is 705 g/mol. The van der Waals surface area contributed by atoms with E-state index in [1.807, 2.05) is 24.4 Å². The van der Waals surface area contributed by atoms with Gasteiger partial charge >= 0.3 is 0 Å². The van der Waals surface area contributed by atoms with Crippen molar-refractivity contribution in [2.24, 2.45) is 4.99 Å². The molecule has 0 saturated carbocycles. The molecule has 0 radical (unpaired) electrons. The van der Waals surface area contributed by atoms with Gasteiger partial charge in [-0.05, 0) is 87.3 Å². The SMILES string of the molecule is C1=C(c2cccc(-c3ccc(-c4nc5c(nc6ccccn65)c5ccccc45)cc3)c2)\N=C(\c2cccc3ccccc23)CCC\C=C/1c1cccc2ccccc12. The minimum Gasteiger partial charge on any atom is -0.284 e. The summed E-state index contributed by atoms with van der Waals surface area (Å²) < 4.78 is 2.08. The molecule has 0 unspecified atom stereocenters. The third-order valence-corrected chi connectivity index (χ3v) is 11.5. The fraction of sp³-hybridized carbons (Fsp3) is 0.0556. The molecule has 11 rings (SSSR count). The summed E-state index contributed by atoms with van der Waals surface area (Å²) in [5.41, 5.74) is 13.8. The summed E-state index contributed by atoms with van der Waals surface area (Å²) >= 11 is 0. The Kier molecular flexibility index (Phi) is 8.32. The minimum absolute atomic E-state index is 0.865. The van der Waals surface area contributed by atoms with Gasteiger partial charge < -0.3 is 0 Å². The van der Waals surface area contributed by atoms with Crippen LogP contribution in [-0.2, 0) is 0 Å². The van der Waals surface area contributed by atoms with Crippen molar-refractivity contribution in [3.63, 3.8) is 0 Å². The second kappa shape index (κ2) is 14.3. The van der Waals surface area contributed by atoms with E-state index in [1.54, 1.807) is 0 Å². The molecule has 0 amide bonds. The van der Waals surface area contributed by atoms with Crippen LogP contribution in [0.1, 0.15) is 36.0 Å². The van der Waals surface area contributed by atoms with Gasteiger partial charge in [0.15, 0.2) is 5.65 Å². The molecule has 1 aliphatic rings. The number of hydrogen-bond donors (Lipinski definition) is 0. The number of imidazole rings is 1. The van der Waals surface area contributed by atoms with Crippen LogP contribution in [-0.4, -0.2) is 20.1 Å². The van der Waals surface area contributed by atoms with Crippen LogP contribution in [0.15, 0.2) is 199 Å². The summed E-state index contributed by atoms with van der Waals surface area (Å²) in [5, 5.41) is 7.15. The van der Waals surface area contributed by atoms with E-state index in [2.05, 4.69) is 174 Å². The monoisotopic (exact) mass is 742 g/mol. The molecule has 7 aromatic carbocycles. The number of allylic oxidation sites excluding steroid dienone is 3. The molecule has 0 atom stereocenters. The van der Waals surface area contributed by atoms with Gasteiger partial charge in [0.25, 0.3) is 0 Å². The van der Waals surface area contributed by atoms with Crippen LogP contribution in [0, 0.1) is 0 Å². The van der Waals surface area contributed by atoms with E-state index < -0.39 is 0 Å². The van der Waals surface area contributed by atoms with E-state index in [0.29, 0.717) is 0 Å². The number of nitrogens with zero attached hydrogens (tertiary/aromatic N) is 4. The van der Waals surface area contributed by atoms with E-state index in [1.165, 1.54) is 38.2 Å². The van der Waals surface area contributed by atoms with Crippen LogP contribution in [0.5, 0.6) is 0 Å². The number of benzene rings is 7. The molecule has 274 valence electrons.